The van der Waals surface area contributed by atoms with Gasteiger partial charge in [-0.05, 0) is 12.8 Å². The predicted octanol–water partition coefficient (Wildman–Crippen LogP) is -1.99. The van der Waals surface area contributed by atoms with E-state index >= 15 is 0 Å². The van der Waals surface area contributed by atoms with Gasteiger partial charge in [0.25, 0.3) is 0 Å². The van der Waals surface area contributed by atoms with Crippen LogP contribution in [0.5, 0.6) is 0 Å². The van der Waals surface area contributed by atoms with Crippen molar-refractivity contribution in [2.45, 2.75) is 37.8 Å². The zero-order valence-electron chi connectivity index (χ0n) is 10.2. The van der Waals surface area contributed by atoms with E-state index in [1.807, 2.05) is 0 Å². The summed E-state index contributed by atoms with van der Waals surface area (Å²) in [5.41, 5.74) is 10.1. The molecule has 9 heteroatoms. The van der Waals surface area contributed by atoms with Crippen molar-refractivity contribution >= 4 is 23.8 Å². The number of nitrogens with one attached hydrogen (secondary N) is 1. The first-order chi connectivity index (χ1) is 8.73. The molecule has 0 radical (unpaired) electrons. The third kappa shape index (κ3) is 7.71. The fraction of sp³-hybridized carbons (Fsp3) is 0.600. The van der Waals surface area contributed by atoms with Crippen molar-refractivity contribution in [3.63, 3.8) is 0 Å². The fourth-order valence-corrected chi connectivity index (χ4v) is 1.22. The fourth-order valence-electron chi connectivity index (χ4n) is 1.22. The molecule has 19 heavy (non-hydrogen) atoms. The minimum atomic E-state index is -1.29. The Kier molecular flexibility index (Phi) is 7.12. The number of carboxylic acid groups (broad SMARTS) is 2. The first kappa shape index (κ1) is 16.8. The van der Waals surface area contributed by atoms with Crippen LogP contribution in [0.25, 0.3) is 0 Å². The van der Waals surface area contributed by atoms with Crippen molar-refractivity contribution in [2.75, 3.05) is 0 Å². The molecule has 0 aliphatic carbocycles. The number of carboxylic acids is 2. The maximum Gasteiger partial charge on any atom is 0.326 e. The van der Waals surface area contributed by atoms with E-state index in [1.54, 1.807) is 0 Å². The summed E-state index contributed by atoms with van der Waals surface area (Å²) >= 11 is 0. The molecule has 9 nitrogen and oxygen atoms in total. The molecule has 0 fully saturated rings. The summed E-state index contributed by atoms with van der Waals surface area (Å²) in [4.78, 5) is 43.2. The van der Waals surface area contributed by atoms with Crippen molar-refractivity contribution < 1.29 is 29.4 Å². The highest BCUT2D eigenvalue weighted by molar-refractivity contribution is 5.84. The van der Waals surface area contributed by atoms with Crippen LogP contribution in [0.1, 0.15) is 25.7 Å². The molecule has 2 unspecified atom stereocenters. The van der Waals surface area contributed by atoms with Crippen LogP contribution >= 0.6 is 0 Å². The maximum absolute atomic E-state index is 11.4. The molecule has 0 heterocycles. The van der Waals surface area contributed by atoms with E-state index in [1.165, 1.54) is 0 Å². The lowest BCUT2D eigenvalue weighted by Crippen LogP contribution is -2.42. The van der Waals surface area contributed by atoms with Gasteiger partial charge in [0.15, 0.2) is 0 Å². The normalized spacial score (nSPS) is 13.3. The standard InChI is InChI=1S/C10H17N3O6/c11-5(9(16)17)1-4-8(15)13-6(10(18)19)2-3-7(12)14/h5-6H,1-4,11H2,(H2,12,14)(H,13,15)(H,16,17)(H,18,19). The van der Waals surface area contributed by atoms with Gasteiger partial charge in [0.2, 0.25) is 11.8 Å². The van der Waals surface area contributed by atoms with Gasteiger partial charge in [0, 0.05) is 12.8 Å². The maximum atomic E-state index is 11.4. The van der Waals surface area contributed by atoms with E-state index in [4.69, 9.17) is 21.7 Å². The lowest BCUT2D eigenvalue weighted by atomic mass is 10.1. The van der Waals surface area contributed by atoms with Crippen molar-refractivity contribution in [3.8, 4) is 0 Å². The Bertz CT molecular complexity index is 370. The Morgan fingerprint density at radius 2 is 1.58 bits per heavy atom. The molecular weight excluding hydrogens is 258 g/mol. The molecule has 0 rings (SSSR count). The molecule has 108 valence electrons. The second kappa shape index (κ2) is 8.03. The van der Waals surface area contributed by atoms with Crippen LogP contribution in [0, 0.1) is 0 Å². The molecule has 7 N–H and O–H groups in total. The monoisotopic (exact) mass is 275 g/mol. The van der Waals surface area contributed by atoms with Crippen LogP contribution in [-0.4, -0.2) is 46.0 Å². The minimum absolute atomic E-state index is 0.108. The van der Waals surface area contributed by atoms with Crippen LogP contribution in [0.15, 0.2) is 0 Å². The Balaban J connectivity index is 4.20. The number of carbonyl (C=O) groups excluding carboxylic acids is 2. The highest BCUT2D eigenvalue weighted by Gasteiger charge is 2.21. The highest BCUT2D eigenvalue weighted by Crippen LogP contribution is 2.00. The number of hydrogen-bond acceptors (Lipinski definition) is 5. The van der Waals surface area contributed by atoms with Crippen molar-refractivity contribution in [3.05, 3.63) is 0 Å². The molecule has 0 aliphatic heterocycles. The molecule has 2 amide bonds. The zero-order valence-corrected chi connectivity index (χ0v) is 10.2. The summed E-state index contributed by atoms with van der Waals surface area (Å²) < 4.78 is 0. The Morgan fingerprint density at radius 3 is 2.00 bits per heavy atom. The summed E-state index contributed by atoms with van der Waals surface area (Å²) in [7, 11) is 0. The van der Waals surface area contributed by atoms with E-state index in [2.05, 4.69) is 5.32 Å². The highest BCUT2D eigenvalue weighted by atomic mass is 16.4. The third-order valence-corrected chi connectivity index (χ3v) is 2.31. The first-order valence-electron chi connectivity index (χ1n) is 5.53. The quantitative estimate of drug-likeness (QED) is 0.324. The van der Waals surface area contributed by atoms with Crippen LogP contribution in [-0.2, 0) is 19.2 Å². The molecule has 0 aromatic carbocycles. The van der Waals surface area contributed by atoms with E-state index < -0.39 is 35.8 Å². The van der Waals surface area contributed by atoms with Crippen LogP contribution in [0.2, 0.25) is 0 Å². The lowest BCUT2D eigenvalue weighted by Gasteiger charge is -2.14. The summed E-state index contributed by atoms with van der Waals surface area (Å²) in [6, 6.07) is -2.42. The largest absolute Gasteiger partial charge is 0.480 e. The molecule has 0 saturated carbocycles. The van der Waals surface area contributed by atoms with E-state index in [-0.39, 0.29) is 25.7 Å². The second-order valence-electron chi connectivity index (χ2n) is 3.95. The molecule has 0 spiro atoms. The summed E-state index contributed by atoms with van der Waals surface area (Å²) in [5.74, 6) is -3.85. The Morgan fingerprint density at radius 1 is 1.00 bits per heavy atom. The van der Waals surface area contributed by atoms with E-state index in [0.29, 0.717) is 0 Å². The zero-order chi connectivity index (χ0) is 15.0. The van der Waals surface area contributed by atoms with Gasteiger partial charge in [-0.2, -0.15) is 0 Å². The molecule has 0 aromatic rings. The summed E-state index contributed by atoms with van der Waals surface area (Å²) in [5, 5.41) is 19.5. The van der Waals surface area contributed by atoms with E-state index in [0.717, 1.165) is 0 Å². The molecular formula is C10H17N3O6. The SMILES string of the molecule is NC(=O)CCC(NC(=O)CCC(N)C(=O)O)C(=O)O. The van der Waals surface area contributed by atoms with Crippen LogP contribution in [0.3, 0.4) is 0 Å². The van der Waals surface area contributed by atoms with E-state index in [9.17, 15) is 19.2 Å². The van der Waals surface area contributed by atoms with Gasteiger partial charge >= 0.3 is 11.9 Å². The smallest absolute Gasteiger partial charge is 0.326 e. The van der Waals surface area contributed by atoms with Gasteiger partial charge < -0.3 is 27.0 Å². The summed E-state index contributed by atoms with van der Waals surface area (Å²) in [6.45, 7) is 0. The third-order valence-electron chi connectivity index (χ3n) is 2.31. The average Bonchev–Trinajstić information content (AvgIpc) is 2.30. The molecule has 0 aromatic heterocycles. The van der Waals surface area contributed by atoms with Crippen LogP contribution < -0.4 is 16.8 Å². The first-order valence-corrected chi connectivity index (χ1v) is 5.53. The van der Waals surface area contributed by atoms with Crippen LogP contribution in [0.4, 0.5) is 0 Å². The Hall–Kier alpha value is -2.16. The van der Waals surface area contributed by atoms with Gasteiger partial charge in [-0.1, -0.05) is 0 Å². The number of primary amides is 1. The second-order valence-corrected chi connectivity index (χ2v) is 3.95. The molecule has 0 aliphatic rings. The molecule has 2 atom stereocenters. The number of carbonyl (C=O) groups is 4. The van der Waals surface area contributed by atoms with Gasteiger partial charge in [-0.15, -0.1) is 0 Å². The molecule has 0 bridgehead atoms. The van der Waals surface area contributed by atoms with Gasteiger partial charge in [0.1, 0.15) is 12.1 Å². The lowest BCUT2D eigenvalue weighted by molar-refractivity contribution is -0.142. The van der Waals surface area contributed by atoms with Gasteiger partial charge in [0.05, 0.1) is 0 Å². The number of hydrogen-bond donors (Lipinski definition) is 5. The summed E-state index contributed by atoms with van der Waals surface area (Å²) in [6.07, 6.45) is -0.621. The predicted molar refractivity (Wildman–Crippen MR) is 62.8 cm³/mol. The van der Waals surface area contributed by atoms with Crippen molar-refractivity contribution in [2.24, 2.45) is 11.5 Å². The van der Waals surface area contributed by atoms with Crippen molar-refractivity contribution in [1.82, 2.24) is 5.32 Å². The Labute approximate surface area is 108 Å². The van der Waals surface area contributed by atoms with Gasteiger partial charge in [-0.25, -0.2) is 4.79 Å². The molecule has 0 saturated heterocycles. The van der Waals surface area contributed by atoms with Crippen molar-refractivity contribution in [1.29, 1.82) is 0 Å². The number of aliphatic carboxylic acids is 2. The number of rotatable bonds is 9. The number of nitrogens with two attached hydrogens (primary N) is 2. The van der Waals surface area contributed by atoms with Gasteiger partial charge in [-0.3, -0.25) is 14.4 Å². The topological polar surface area (TPSA) is 173 Å². The number of amides is 2. The average molecular weight is 275 g/mol. The minimum Gasteiger partial charge on any atom is -0.480 e.